The van der Waals surface area contributed by atoms with Crippen LogP contribution in [0.15, 0.2) is 48.5 Å². The molecule has 0 saturated carbocycles. The largest absolute Gasteiger partial charge is 0.416 e. The molecule has 2 aromatic carbocycles. The summed E-state index contributed by atoms with van der Waals surface area (Å²) in [7, 11) is -3.42. The van der Waals surface area contributed by atoms with E-state index in [1.165, 1.54) is 14.1 Å². The number of hydrogen-bond acceptors (Lipinski definition) is 4. The second-order valence-corrected chi connectivity index (χ2v) is 11.7. The lowest BCUT2D eigenvalue weighted by Crippen LogP contribution is -2.53. The summed E-state index contributed by atoms with van der Waals surface area (Å²) in [5.74, 6) is -1.64. The summed E-state index contributed by atoms with van der Waals surface area (Å²) in [6, 6.07) is 8.13. The summed E-state index contributed by atoms with van der Waals surface area (Å²) >= 11 is 0. The van der Waals surface area contributed by atoms with E-state index in [9.17, 15) is 44.3 Å². The van der Waals surface area contributed by atoms with Crippen molar-refractivity contribution in [3.05, 3.63) is 70.8 Å². The number of nitrogens with zero attached hydrogens (tertiary/aromatic N) is 3. The van der Waals surface area contributed by atoms with E-state index in [1.807, 2.05) is 0 Å². The van der Waals surface area contributed by atoms with Gasteiger partial charge in [0.1, 0.15) is 0 Å². The number of halogens is 6. The number of alkyl halides is 6. The predicted molar refractivity (Wildman–Crippen MR) is 132 cm³/mol. The fourth-order valence-corrected chi connectivity index (χ4v) is 5.72. The van der Waals surface area contributed by atoms with Gasteiger partial charge in [0.15, 0.2) is 0 Å². The van der Waals surface area contributed by atoms with Crippen molar-refractivity contribution in [2.24, 2.45) is 0 Å². The standard InChI is InChI=1S/C25H26F6N4O4S/c1-40(38,39)35-9-7-33(8-10-35)23(37)34-14-20(16-5-3-2-4-6-16)21(15-34)32-22(36)17-11-18(24(26,27)28)13-19(12-17)25(29,30)31/h2-6,11-13,20-21H,7-10,14-15H2,1H3,(H,32,36)/t20-,21+/m1/s1. The van der Waals surface area contributed by atoms with Gasteiger partial charge in [-0.1, -0.05) is 30.3 Å². The minimum Gasteiger partial charge on any atom is -0.347 e. The Balaban J connectivity index is 1.56. The van der Waals surface area contributed by atoms with Crippen LogP contribution in [0.2, 0.25) is 0 Å². The van der Waals surface area contributed by atoms with Crippen LogP contribution in [0.5, 0.6) is 0 Å². The third kappa shape index (κ3) is 6.69. The molecule has 2 fully saturated rings. The molecule has 0 unspecified atom stereocenters. The Kier molecular flexibility index (Phi) is 8.09. The van der Waals surface area contributed by atoms with Crippen LogP contribution in [-0.2, 0) is 22.4 Å². The summed E-state index contributed by atoms with van der Waals surface area (Å²) < 4.78 is 105. The van der Waals surface area contributed by atoms with Crippen molar-refractivity contribution in [2.45, 2.75) is 24.3 Å². The van der Waals surface area contributed by atoms with Gasteiger partial charge in [0.05, 0.1) is 23.4 Å². The molecule has 15 heteroatoms. The quantitative estimate of drug-likeness (QED) is 0.550. The first kappa shape index (κ1) is 29.6. The summed E-state index contributed by atoms with van der Waals surface area (Å²) in [6.07, 6.45) is -9.15. The average molecular weight is 593 g/mol. The van der Waals surface area contributed by atoms with E-state index in [4.69, 9.17) is 0 Å². The molecular formula is C25H26F6N4O4S. The summed E-state index contributed by atoms with van der Waals surface area (Å²) in [4.78, 5) is 29.2. The van der Waals surface area contributed by atoms with E-state index >= 15 is 0 Å². The molecule has 0 spiro atoms. The molecule has 40 heavy (non-hydrogen) atoms. The first-order valence-electron chi connectivity index (χ1n) is 12.2. The molecule has 2 aliphatic rings. The molecule has 0 radical (unpaired) electrons. The molecule has 2 atom stereocenters. The molecule has 8 nitrogen and oxygen atoms in total. The second kappa shape index (κ2) is 10.9. The van der Waals surface area contributed by atoms with Crippen LogP contribution in [0, 0.1) is 0 Å². The van der Waals surface area contributed by atoms with Gasteiger partial charge in [0.2, 0.25) is 10.0 Å². The molecule has 4 rings (SSSR count). The predicted octanol–water partition coefficient (Wildman–Crippen LogP) is 3.62. The van der Waals surface area contributed by atoms with Gasteiger partial charge < -0.3 is 15.1 Å². The Labute approximate surface area is 226 Å². The van der Waals surface area contributed by atoms with Gasteiger partial charge in [-0.2, -0.15) is 30.6 Å². The van der Waals surface area contributed by atoms with E-state index in [0.717, 1.165) is 6.26 Å². The number of amides is 3. The monoisotopic (exact) mass is 592 g/mol. The highest BCUT2D eigenvalue weighted by molar-refractivity contribution is 7.88. The summed E-state index contributed by atoms with van der Waals surface area (Å²) in [6.45, 7) is 0.563. The van der Waals surface area contributed by atoms with E-state index < -0.39 is 63.0 Å². The van der Waals surface area contributed by atoms with Crippen LogP contribution in [0.25, 0.3) is 0 Å². The van der Waals surface area contributed by atoms with Crippen molar-refractivity contribution in [2.75, 3.05) is 45.5 Å². The molecule has 218 valence electrons. The number of benzene rings is 2. The van der Waals surface area contributed by atoms with Gasteiger partial charge in [-0.05, 0) is 23.8 Å². The van der Waals surface area contributed by atoms with E-state index in [-0.39, 0.29) is 45.3 Å². The number of nitrogens with one attached hydrogen (secondary N) is 1. The van der Waals surface area contributed by atoms with Gasteiger partial charge in [-0.15, -0.1) is 0 Å². The lowest BCUT2D eigenvalue weighted by atomic mass is 9.94. The van der Waals surface area contributed by atoms with Crippen molar-refractivity contribution in [1.82, 2.24) is 19.4 Å². The van der Waals surface area contributed by atoms with E-state index in [0.29, 0.717) is 17.7 Å². The molecular weight excluding hydrogens is 566 g/mol. The zero-order valence-electron chi connectivity index (χ0n) is 21.2. The summed E-state index contributed by atoms with van der Waals surface area (Å²) in [5, 5.41) is 2.54. The highest BCUT2D eigenvalue weighted by atomic mass is 32.2. The Morgan fingerprint density at radius 3 is 1.88 bits per heavy atom. The van der Waals surface area contributed by atoms with Gasteiger partial charge in [-0.3, -0.25) is 4.79 Å². The molecule has 0 aliphatic carbocycles. The SMILES string of the molecule is CS(=O)(=O)N1CCN(C(=O)N2C[C@H](NC(=O)c3cc(C(F)(F)F)cc(C(F)(F)F)c3)[C@@H](c3ccccc3)C2)CC1. The molecule has 0 bridgehead atoms. The van der Waals surface area contributed by atoms with E-state index in [1.54, 1.807) is 30.3 Å². The third-order valence-corrected chi connectivity index (χ3v) is 8.27. The van der Waals surface area contributed by atoms with Crippen molar-refractivity contribution < 1.29 is 44.3 Å². The van der Waals surface area contributed by atoms with Crippen LogP contribution in [0.1, 0.15) is 33.0 Å². The van der Waals surface area contributed by atoms with Crippen molar-refractivity contribution >= 4 is 22.0 Å². The number of carbonyl (C=O) groups excluding carboxylic acids is 2. The molecule has 0 aromatic heterocycles. The number of hydrogen-bond donors (Lipinski definition) is 1. The Morgan fingerprint density at radius 1 is 0.825 bits per heavy atom. The zero-order chi connectivity index (χ0) is 29.5. The van der Waals surface area contributed by atoms with Crippen molar-refractivity contribution in [1.29, 1.82) is 0 Å². The molecule has 2 aliphatic heterocycles. The number of sulfonamides is 1. The molecule has 3 amide bonds. The number of rotatable bonds is 4. The van der Waals surface area contributed by atoms with E-state index in [2.05, 4.69) is 5.32 Å². The molecule has 2 saturated heterocycles. The lowest BCUT2D eigenvalue weighted by Gasteiger charge is -2.35. The number of carbonyl (C=O) groups is 2. The Morgan fingerprint density at radius 2 is 1.38 bits per heavy atom. The van der Waals surface area contributed by atoms with Crippen LogP contribution in [0.3, 0.4) is 0 Å². The zero-order valence-corrected chi connectivity index (χ0v) is 22.0. The number of likely N-dealkylation sites (tertiary alicyclic amines) is 1. The number of urea groups is 1. The highest BCUT2D eigenvalue weighted by Crippen LogP contribution is 2.36. The normalized spacial score (nSPS) is 21.0. The van der Waals surface area contributed by atoms with Gasteiger partial charge in [0.25, 0.3) is 5.91 Å². The molecule has 2 aromatic rings. The first-order valence-corrected chi connectivity index (χ1v) is 14.0. The third-order valence-electron chi connectivity index (χ3n) is 6.96. The van der Waals surface area contributed by atoms with Gasteiger partial charge in [-0.25, -0.2) is 13.2 Å². The first-order chi connectivity index (χ1) is 18.5. The molecule has 1 N–H and O–H groups in total. The van der Waals surface area contributed by atoms with Gasteiger partial charge >= 0.3 is 18.4 Å². The Bertz CT molecular complexity index is 1330. The van der Waals surface area contributed by atoms with Crippen LogP contribution >= 0.6 is 0 Å². The topological polar surface area (TPSA) is 90.0 Å². The second-order valence-electron chi connectivity index (χ2n) is 9.73. The molecule has 2 heterocycles. The van der Waals surface area contributed by atoms with Crippen LogP contribution in [0.4, 0.5) is 31.1 Å². The maximum atomic E-state index is 13.3. The fourth-order valence-electron chi connectivity index (χ4n) is 4.89. The van der Waals surface area contributed by atoms with Crippen molar-refractivity contribution in [3.8, 4) is 0 Å². The minimum atomic E-state index is -5.11. The van der Waals surface area contributed by atoms with Gasteiger partial charge in [0, 0.05) is 50.7 Å². The maximum Gasteiger partial charge on any atom is 0.416 e. The minimum absolute atomic E-state index is 0.0525. The van der Waals surface area contributed by atoms with Crippen molar-refractivity contribution in [3.63, 3.8) is 0 Å². The fraction of sp³-hybridized carbons (Fsp3) is 0.440. The summed E-state index contributed by atoms with van der Waals surface area (Å²) in [5.41, 5.74) is -3.31. The maximum absolute atomic E-state index is 13.3. The van der Waals surface area contributed by atoms with Crippen LogP contribution < -0.4 is 5.32 Å². The Hall–Kier alpha value is -3.33. The lowest BCUT2D eigenvalue weighted by molar-refractivity contribution is -0.143. The smallest absolute Gasteiger partial charge is 0.347 e. The highest BCUT2D eigenvalue weighted by Gasteiger charge is 2.41. The number of piperazine rings is 1. The average Bonchev–Trinajstić information content (AvgIpc) is 3.30. The van der Waals surface area contributed by atoms with Crippen LogP contribution in [-0.4, -0.2) is 86.0 Å².